The van der Waals surface area contributed by atoms with Crippen LogP contribution in [-0.4, -0.2) is 39.7 Å². The molecule has 0 aliphatic rings. The number of hydrogen-bond acceptors (Lipinski definition) is 6. The summed E-state index contributed by atoms with van der Waals surface area (Å²) in [7, 11) is 1.61. The molecule has 0 unspecified atom stereocenters. The van der Waals surface area contributed by atoms with Crippen LogP contribution in [0.25, 0.3) is 11.4 Å². The molecule has 8 heteroatoms. The van der Waals surface area contributed by atoms with Crippen molar-refractivity contribution in [3.63, 3.8) is 0 Å². The van der Waals surface area contributed by atoms with Crippen molar-refractivity contribution in [2.24, 2.45) is 5.10 Å². The van der Waals surface area contributed by atoms with Crippen molar-refractivity contribution in [2.75, 3.05) is 12.9 Å². The molecule has 0 aliphatic heterocycles. The molecule has 144 valence electrons. The smallest absolute Gasteiger partial charge is 0.250 e. The summed E-state index contributed by atoms with van der Waals surface area (Å²) in [5.74, 6) is 1.56. The van der Waals surface area contributed by atoms with Crippen LogP contribution in [0.1, 0.15) is 12.5 Å². The molecule has 3 aromatic rings. The number of nitrogens with zero attached hydrogens (tertiary/aromatic N) is 4. The number of hydrogen-bond donors (Lipinski definition) is 1. The maximum Gasteiger partial charge on any atom is 0.250 e. The SMILES string of the molecule is CCn1c(SCC(=O)N/N=C\c2ccc(OC)cc2)nnc1-c1ccccc1. The fourth-order valence-electron chi connectivity index (χ4n) is 2.51. The van der Waals surface area contributed by atoms with E-state index in [1.54, 1.807) is 13.3 Å². The van der Waals surface area contributed by atoms with Crippen LogP contribution in [0.15, 0.2) is 64.9 Å². The van der Waals surface area contributed by atoms with Gasteiger partial charge in [-0.25, -0.2) is 5.43 Å². The van der Waals surface area contributed by atoms with Gasteiger partial charge in [0, 0.05) is 12.1 Å². The van der Waals surface area contributed by atoms with Gasteiger partial charge in [-0.1, -0.05) is 42.1 Å². The average molecular weight is 395 g/mol. The van der Waals surface area contributed by atoms with Gasteiger partial charge >= 0.3 is 0 Å². The number of nitrogens with one attached hydrogen (secondary N) is 1. The summed E-state index contributed by atoms with van der Waals surface area (Å²) in [6.45, 7) is 2.75. The minimum Gasteiger partial charge on any atom is -0.497 e. The highest BCUT2D eigenvalue weighted by Gasteiger charge is 2.14. The van der Waals surface area contributed by atoms with E-state index in [0.717, 1.165) is 29.2 Å². The number of thioether (sulfide) groups is 1. The van der Waals surface area contributed by atoms with Gasteiger partial charge in [0.05, 0.1) is 19.1 Å². The highest BCUT2D eigenvalue weighted by Crippen LogP contribution is 2.23. The van der Waals surface area contributed by atoms with Crippen molar-refractivity contribution in [2.45, 2.75) is 18.6 Å². The summed E-state index contributed by atoms with van der Waals surface area (Å²) >= 11 is 1.33. The van der Waals surface area contributed by atoms with Crippen molar-refractivity contribution in [3.05, 3.63) is 60.2 Å². The molecule has 1 amide bonds. The van der Waals surface area contributed by atoms with Gasteiger partial charge in [-0.15, -0.1) is 10.2 Å². The number of rotatable bonds is 8. The van der Waals surface area contributed by atoms with Crippen LogP contribution in [0.3, 0.4) is 0 Å². The predicted molar refractivity (Wildman–Crippen MR) is 111 cm³/mol. The fourth-order valence-corrected chi connectivity index (χ4v) is 3.31. The number of aromatic nitrogens is 3. The minimum absolute atomic E-state index is 0.201. The maximum absolute atomic E-state index is 12.1. The first-order chi connectivity index (χ1) is 13.7. The van der Waals surface area contributed by atoms with E-state index in [9.17, 15) is 4.79 Å². The van der Waals surface area contributed by atoms with E-state index < -0.39 is 0 Å². The Bertz CT molecular complexity index is 939. The van der Waals surface area contributed by atoms with E-state index in [0.29, 0.717) is 5.16 Å². The Hall–Kier alpha value is -3.13. The van der Waals surface area contributed by atoms with Crippen molar-refractivity contribution in [1.29, 1.82) is 0 Å². The molecule has 2 aromatic carbocycles. The molecule has 28 heavy (non-hydrogen) atoms. The molecule has 1 heterocycles. The summed E-state index contributed by atoms with van der Waals surface area (Å²) in [4.78, 5) is 12.1. The number of methoxy groups -OCH3 is 1. The van der Waals surface area contributed by atoms with Gasteiger partial charge in [-0.05, 0) is 36.8 Å². The van der Waals surface area contributed by atoms with Crippen LogP contribution in [0.2, 0.25) is 0 Å². The molecule has 0 radical (unpaired) electrons. The van der Waals surface area contributed by atoms with Crippen molar-refractivity contribution in [1.82, 2.24) is 20.2 Å². The summed E-state index contributed by atoms with van der Waals surface area (Å²) in [6.07, 6.45) is 1.59. The first-order valence-electron chi connectivity index (χ1n) is 8.78. The standard InChI is InChI=1S/C20H21N5O2S/c1-3-25-19(16-7-5-4-6-8-16)23-24-20(25)28-14-18(26)22-21-13-15-9-11-17(27-2)12-10-15/h4-13H,3,14H2,1-2H3,(H,22,26)/b21-13-. The molecule has 0 aliphatic carbocycles. The second-order valence-electron chi connectivity index (χ2n) is 5.77. The number of amides is 1. The summed E-state index contributed by atoms with van der Waals surface area (Å²) in [6, 6.07) is 17.3. The van der Waals surface area contributed by atoms with Crippen molar-refractivity contribution < 1.29 is 9.53 Å². The highest BCUT2D eigenvalue weighted by molar-refractivity contribution is 7.99. The van der Waals surface area contributed by atoms with Crippen LogP contribution >= 0.6 is 11.8 Å². The number of hydrazone groups is 1. The number of carbonyl (C=O) groups excluding carboxylic acids is 1. The van der Waals surface area contributed by atoms with Gasteiger partial charge in [-0.2, -0.15) is 5.10 Å². The zero-order chi connectivity index (χ0) is 19.8. The lowest BCUT2D eigenvalue weighted by Crippen LogP contribution is -2.20. The predicted octanol–water partition coefficient (Wildman–Crippen LogP) is 3.22. The third-order valence-electron chi connectivity index (χ3n) is 3.92. The average Bonchev–Trinajstić information content (AvgIpc) is 3.16. The molecule has 0 atom stereocenters. The highest BCUT2D eigenvalue weighted by atomic mass is 32.2. The van der Waals surface area contributed by atoms with E-state index >= 15 is 0 Å². The molecule has 3 rings (SSSR count). The van der Waals surface area contributed by atoms with Gasteiger partial charge in [-0.3, -0.25) is 4.79 Å². The van der Waals surface area contributed by atoms with Gasteiger partial charge in [0.15, 0.2) is 11.0 Å². The Morgan fingerprint density at radius 2 is 1.93 bits per heavy atom. The Kier molecular flexibility index (Phi) is 6.80. The molecular weight excluding hydrogens is 374 g/mol. The van der Waals surface area contributed by atoms with E-state index in [1.807, 2.05) is 66.1 Å². The van der Waals surface area contributed by atoms with Gasteiger partial charge in [0.25, 0.3) is 5.91 Å². The van der Waals surface area contributed by atoms with Crippen LogP contribution in [0.4, 0.5) is 0 Å². The largest absolute Gasteiger partial charge is 0.497 e. The minimum atomic E-state index is -0.207. The van der Waals surface area contributed by atoms with E-state index in [2.05, 4.69) is 20.7 Å². The first-order valence-corrected chi connectivity index (χ1v) is 9.77. The van der Waals surface area contributed by atoms with E-state index in [-0.39, 0.29) is 11.7 Å². The molecule has 0 spiro atoms. The van der Waals surface area contributed by atoms with E-state index in [4.69, 9.17) is 4.74 Å². The molecule has 0 fully saturated rings. The van der Waals surface area contributed by atoms with Gasteiger partial charge < -0.3 is 9.30 Å². The van der Waals surface area contributed by atoms with Crippen LogP contribution in [-0.2, 0) is 11.3 Å². The Morgan fingerprint density at radius 3 is 2.61 bits per heavy atom. The zero-order valence-corrected chi connectivity index (χ0v) is 16.5. The fraction of sp³-hybridized carbons (Fsp3) is 0.200. The van der Waals surface area contributed by atoms with Crippen LogP contribution in [0.5, 0.6) is 5.75 Å². The first kappa shape index (κ1) is 19.6. The molecule has 1 N–H and O–H groups in total. The maximum atomic E-state index is 12.1. The zero-order valence-electron chi connectivity index (χ0n) is 15.7. The molecule has 0 bridgehead atoms. The normalized spacial score (nSPS) is 10.9. The molecule has 0 saturated heterocycles. The second-order valence-corrected chi connectivity index (χ2v) is 6.71. The molecule has 7 nitrogen and oxygen atoms in total. The van der Waals surface area contributed by atoms with Crippen LogP contribution < -0.4 is 10.2 Å². The summed E-state index contributed by atoms with van der Waals surface area (Å²) < 4.78 is 7.10. The number of ether oxygens (including phenoxy) is 1. The van der Waals surface area contributed by atoms with Crippen LogP contribution in [0, 0.1) is 0 Å². The lowest BCUT2D eigenvalue weighted by atomic mass is 10.2. The second kappa shape index (κ2) is 9.70. The van der Waals surface area contributed by atoms with Crippen molar-refractivity contribution in [3.8, 4) is 17.1 Å². The monoisotopic (exact) mass is 395 g/mol. The lowest BCUT2D eigenvalue weighted by Gasteiger charge is -2.06. The molecule has 0 saturated carbocycles. The quantitative estimate of drug-likeness (QED) is 0.360. The third-order valence-corrected chi connectivity index (χ3v) is 4.88. The Labute approximate surface area is 167 Å². The lowest BCUT2D eigenvalue weighted by molar-refractivity contribution is -0.118. The third kappa shape index (κ3) is 4.98. The number of benzene rings is 2. The van der Waals surface area contributed by atoms with Gasteiger partial charge in [0.1, 0.15) is 5.75 Å². The van der Waals surface area contributed by atoms with E-state index in [1.165, 1.54) is 11.8 Å². The van der Waals surface area contributed by atoms with Gasteiger partial charge in [0.2, 0.25) is 0 Å². The Morgan fingerprint density at radius 1 is 1.18 bits per heavy atom. The Balaban J connectivity index is 1.55. The van der Waals surface area contributed by atoms with Crippen molar-refractivity contribution >= 4 is 23.9 Å². The molecular formula is C20H21N5O2S. The topological polar surface area (TPSA) is 81.4 Å². The summed E-state index contributed by atoms with van der Waals surface area (Å²) in [5, 5.41) is 13.2. The summed E-state index contributed by atoms with van der Waals surface area (Å²) in [5.41, 5.74) is 4.39. The number of carbonyl (C=O) groups is 1. The molecule has 1 aromatic heterocycles.